The van der Waals surface area contributed by atoms with Gasteiger partial charge in [0.1, 0.15) is 22.9 Å². The van der Waals surface area contributed by atoms with Crippen LogP contribution in [-0.2, 0) is 11.3 Å². The van der Waals surface area contributed by atoms with Gasteiger partial charge in [-0.25, -0.2) is 28.7 Å². The Hall–Kier alpha value is -3.54. The van der Waals surface area contributed by atoms with Gasteiger partial charge >= 0.3 is 0 Å². The van der Waals surface area contributed by atoms with E-state index in [4.69, 9.17) is 4.74 Å². The second-order valence-electron chi connectivity index (χ2n) is 11.1. The molecule has 2 N–H and O–H groups in total. The van der Waals surface area contributed by atoms with Gasteiger partial charge in [-0.15, -0.1) is 0 Å². The van der Waals surface area contributed by atoms with Gasteiger partial charge in [-0.05, 0) is 58.4 Å². The molecule has 2 atom stereocenters. The molecule has 0 aliphatic carbocycles. The minimum absolute atomic E-state index is 0.0170. The van der Waals surface area contributed by atoms with Gasteiger partial charge in [0.05, 0.1) is 30.0 Å². The molecule has 40 heavy (non-hydrogen) atoms. The zero-order valence-electron chi connectivity index (χ0n) is 23.4. The summed E-state index contributed by atoms with van der Waals surface area (Å²) in [6.07, 6.45) is 2.98. The summed E-state index contributed by atoms with van der Waals surface area (Å²) < 4.78 is 37.7. The molecule has 1 aliphatic rings. The summed E-state index contributed by atoms with van der Waals surface area (Å²) >= 11 is 0. The SMILES string of the molecule is Cc1nc2c(F)cc(-c3nc(Nc4ccc(CN5CCO[C@@](C)(CC(C)O)C5)cn4)ncc3F)cc2n1C(C)C. The first kappa shape index (κ1) is 28.0. The van der Waals surface area contributed by atoms with E-state index in [2.05, 4.69) is 30.2 Å². The predicted octanol–water partition coefficient (Wildman–Crippen LogP) is 5.16. The first-order valence-electron chi connectivity index (χ1n) is 13.5. The average molecular weight is 552 g/mol. The molecule has 1 fully saturated rings. The zero-order chi connectivity index (χ0) is 28.6. The van der Waals surface area contributed by atoms with Crippen LogP contribution < -0.4 is 5.32 Å². The Bertz CT molecular complexity index is 1510. The molecule has 1 saturated heterocycles. The van der Waals surface area contributed by atoms with Crippen LogP contribution >= 0.6 is 0 Å². The third kappa shape index (κ3) is 5.96. The zero-order valence-corrected chi connectivity index (χ0v) is 23.4. The first-order chi connectivity index (χ1) is 19.0. The molecule has 4 heterocycles. The minimum atomic E-state index is -0.659. The van der Waals surface area contributed by atoms with Crippen molar-refractivity contribution in [3.63, 3.8) is 0 Å². The number of hydrogen-bond donors (Lipinski definition) is 2. The van der Waals surface area contributed by atoms with Gasteiger partial charge in [0.25, 0.3) is 0 Å². The van der Waals surface area contributed by atoms with Crippen molar-refractivity contribution in [2.45, 2.75) is 65.3 Å². The van der Waals surface area contributed by atoms with Crippen LogP contribution in [0.25, 0.3) is 22.3 Å². The van der Waals surface area contributed by atoms with E-state index >= 15 is 0 Å². The maximum atomic E-state index is 15.0. The molecular formula is C29H35F2N7O2. The molecule has 0 saturated carbocycles. The maximum absolute atomic E-state index is 15.0. The summed E-state index contributed by atoms with van der Waals surface area (Å²) in [5.41, 5.74) is 1.74. The molecule has 0 spiro atoms. The van der Waals surface area contributed by atoms with Crippen molar-refractivity contribution in [1.29, 1.82) is 0 Å². The number of hydrogen-bond acceptors (Lipinski definition) is 8. The summed E-state index contributed by atoms with van der Waals surface area (Å²) in [5, 5.41) is 12.8. The van der Waals surface area contributed by atoms with E-state index < -0.39 is 17.7 Å². The lowest BCUT2D eigenvalue weighted by atomic mass is 9.96. The van der Waals surface area contributed by atoms with E-state index in [9.17, 15) is 13.9 Å². The predicted molar refractivity (Wildman–Crippen MR) is 149 cm³/mol. The van der Waals surface area contributed by atoms with Crippen molar-refractivity contribution in [3.8, 4) is 11.3 Å². The van der Waals surface area contributed by atoms with Crippen molar-refractivity contribution >= 4 is 22.8 Å². The average Bonchev–Trinajstić information content (AvgIpc) is 3.22. The number of ether oxygens (including phenoxy) is 1. The third-order valence-electron chi connectivity index (χ3n) is 7.07. The molecule has 0 amide bonds. The van der Waals surface area contributed by atoms with Crippen LogP contribution in [0.5, 0.6) is 0 Å². The van der Waals surface area contributed by atoms with E-state index in [0.717, 1.165) is 18.3 Å². The first-order valence-corrected chi connectivity index (χ1v) is 13.5. The Morgan fingerprint density at radius 1 is 1.10 bits per heavy atom. The highest BCUT2D eigenvalue weighted by atomic mass is 19.1. The fourth-order valence-electron chi connectivity index (χ4n) is 5.55. The topological polar surface area (TPSA) is 101 Å². The van der Waals surface area contributed by atoms with Gasteiger partial charge in [-0.1, -0.05) is 6.07 Å². The van der Waals surface area contributed by atoms with E-state index in [0.29, 0.717) is 48.8 Å². The molecule has 0 radical (unpaired) electrons. The Balaban J connectivity index is 1.33. The number of nitrogens with zero attached hydrogens (tertiary/aromatic N) is 6. The standard InChI is InChI=1S/C29H35F2N7O2/c1-17(2)38-19(4)34-27-22(30)10-21(11-24(27)38)26-23(31)14-33-28(36-26)35-25-7-6-20(13-32-25)15-37-8-9-40-29(5,16-37)12-18(3)39/h6-7,10-11,13-14,17-18,39H,8-9,12,15-16H2,1-5H3,(H,32,33,35,36)/t18?,29-/m0/s1. The summed E-state index contributed by atoms with van der Waals surface area (Å²) in [6, 6.07) is 6.78. The molecular weight excluding hydrogens is 516 g/mol. The van der Waals surface area contributed by atoms with E-state index in [-0.39, 0.29) is 28.8 Å². The lowest BCUT2D eigenvalue weighted by Gasteiger charge is -2.41. The van der Waals surface area contributed by atoms with Crippen LogP contribution in [0.3, 0.4) is 0 Å². The summed E-state index contributed by atoms with van der Waals surface area (Å²) in [4.78, 5) is 19.5. The number of nitrogens with one attached hydrogen (secondary N) is 1. The number of imidazole rings is 1. The van der Waals surface area contributed by atoms with Crippen molar-refractivity contribution < 1.29 is 18.6 Å². The number of pyridine rings is 1. The van der Waals surface area contributed by atoms with Crippen LogP contribution in [0.2, 0.25) is 0 Å². The van der Waals surface area contributed by atoms with Gasteiger partial charge in [0.2, 0.25) is 5.95 Å². The Labute approximate surface area is 232 Å². The lowest BCUT2D eigenvalue weighted by molar-refractivity contribution is -0.117. The number of aryl methyl sites for hydroxylation is 1. The van der Waals surface area contributed by atoms with Gasteiger partial charge in [-0.2, -0.15) is 0 Å². The second kappa shape index (κ2) is 11.1. The number of anilines is 2. The number of morpholine rings is 1. The van der Waals surface area contributed by atoms with Crippen LogP contribution in [0.15, 0.2) is 36.7 Å². The largest absolute Gasteiger partial charge is 0.393 e. The number of halogens is 2. The number of aliphatic hydroxyl groups excluding tert-OH is 1. The van der Waals surface area contributed by atoms with E-state index in [1.165, 1.54) is 6.07 Å². The van der Waals surface area contributed by atoms with Crippen LogP contribution in [0.4, 0.5) is 20.5 Å². The quantitative estimate of drug-likeness (QED) is 0.310. The smallest absolute Gasteiger partial charge is 0.229 e. The summed E-state index contributed by atoms with van der Waals surface area (Å²) in [6.45, 7) is 12.4. The number of benzene rings is 1. The Morgan fingerprint density at radius 2 is 1.90 bits per heavy atom. The highest BCUT2D eigenvalue weighted by molar-refractivity contribution is 5.83. The number of aromatic nitrogens is 5. The molecule has 11 heteroatoms. The number of rotatable bonds is 8. The molecule has 4 aromatic rings. The molecule has 1 aromatic carbocycles. The molecule has 1 aliphatic heterocycles. The minimum Gasteiger partial charge on any atom is -0.393 e. The highest BCUT2D eigenvalue weighted by Gasteiger charge is 2.33. The highest BCUT2D eigenvalue weighted by Crippen LogP contribution is 2.30. The fourth-order valence-corrected chi connectivity index (χ4v) is 5.55. The van der Waals surface area contributed by atoms with Crippen LogP contribution in [-0.4, -0.2) is 65.9 Å². The number of fused-ring (bicyclic) bond motifs is 1. The summed E-state index contributed by atoms with van der Waals surface area (Å²) in [5.74, 6) is 0.132. The fraction of sp³-hybridized carbons (Fsp3) is 0.448. The van der Waals surface area contributed by atoms with Gasteiger partial charge in [0.15, 0.2) is 11.6 Å². The molecule has 5 rings (SSSR count). The molecule has 0 bridgehead atoms. The molecule has 9 nitrogen and oxygen atoms in total. The normalized spacial score (nSPS) is 18.9. The third-order valence-corrected chi connectivity index (χ3v) is 7.07. The number of aliphatic hydroxyl groups is 1. The van der Waals surface area contributed by atoms with Crippen molar-refractivity contribution in [2.75, 3.05) is 25.0 Å². The molecule has 212 valence electrons. The summed E-state index contributed by atoms with van der Waals surface area (Å²) in [7, 11) is 0. The second-order valence-corrected chi connectivity index (χ2v) is 11.1. The van der Waals surface area contributed by atoms with Crippen LogP contribution in [0, 0.1) is 18.6 Å². The van der Waals surface area contributed by atoms with Crippen LogP contribution in [0.1, 0.15) is 51.5 Å². The Morgan fingerprint density at radius 3 is 2.60 bits per heavy atom. The molecule has 3 aromatic heterocycles. The van der Waals surface area contributed by atoms with E-state index in [1.807, 2.05) is 44.4 Å². The van der Waals surface area contributed by atoms with Crippen molar-refractivity contribution in [3.05, 3.63) is 59.7 Å². The van der Waals surface area contributed by atoms with Crippen molar-refractivity contribution in [2.24, 2.45) is 0 Å². The monoisotopic (exact) mass is 551 g/mol. The maximum Gasteiger partial charge on any atom is 0.229 e. The van der Waals surface area contributed by atoms with Gasteiger partial charge < -0.3 is 19.7 Å². The molecule has 1 unspecified atom stereocenters. The van der Waals surface area contributed by atoms with Crippen molar-refractivity contribution in [1.82, 2.24) is 29.4 Å². The van der Waals surface area contributed by atoms with Gasteiger partial charge in [0, 0.05) is 43.9 Å². The Kier molecular flexibility index (Phi) is 7.80. The lowest BCUT2D eigenvalue weighted by Crippen LogP contribution is -2.50. The van der Waals surface area contributed by atoms with E-state index in [1.54, 1.807) is 19.2 Å². The van der Waals surface area contributed by atoms with Gasteiger partial charge in [-0.3, -0.25) is 4.90 Å².